The minimum Gasteiger partial charge on any atom is -0.481 e. The Bertz CT molecular complexity index is 650. The van der Waals surface area contributed by atoms with Gasteiger partial charge in [-0.15, -0.1) is 10.2 Å². The monoisotopic (exact) mass is 317 g/mol. The van der Waals surface area contributed by atoms with Crippen LogP contribution in [0.4, 0.5) is 4.39 Å². The minimum atomic E-state index is -1.04. The third-order valence-electron chi connectivity index (χ3n) is 2.34. The molecule has 0 unspecified atom stereocenters. The highest BCUT2D eigenvalue weighted by molar-refractivity contribution is 7.99. The molecule has 0 amide bonds. The van der Waals surface area contributed by atoms with Crippen LogP contribution in [0.2, 0.25) is 5.02 Å². The Balaban J connectivity index is 2.50. The van der Waals surface area contributed by atoms with Crippen LogP contribution in [0.15, 0.2) is 23.4 Å². The minimum absolute atomic E-state index is 0.0550. The fraction of sp³-hybridized carbons (Fsp3) is 0.182. The number of aromatic nitrogens is 3. The average molecular weight is 318 g/mol. The van der Waals surface area contributed by atoms with E-state index in [4.69, 9.17) is 16.7 Å². The topological polar surface area (TPSA) is 88.2 Å². The van der Waals surface area contributed by atoms with Gasteiger partial charge in [0.25, 0.3) is 0 Å². The molecule has 0 spiro atoms. The Morgan fingerprint density at radius 3 is 2.85 bits per heavy atom. The van der Waals surface area contributed by atoms with E-state index >= 15 is 0 Å². The maximum atomic E-state index is 14.0. The number of thioether (sulfide) groups is 1. The van der Waals surface area contributed by atoms with Crippen molar-refractivity contribution in [1.82, 2.24) is 14.8 Å². The van der Waals surface area contributed by atoms with Crippen molar-refractivity contribution in [3.05, 3.63) is 34.9 Å². The van der Waals surface area contributed by atoms with Gasteiger partial charge in [0.2, 0.25) is 0 Å². The highest BCUT2D eigenvalue weighted by atomic mass is 35.5. The van der Waals surface area contributed by atoms with E-state index in [1.807, 2.05) is 0 Å². The Labute approximate surface area is 122 Å². The summed E-state index contributed by atoms with van der Waals surface area (Å²) in [5, 5.41) is 25.4. The largest absolute Gasteiger partial charge is 0.481 e. The smallest absolute Gasteiger partial charge is 0.313 e. The van der Waals surface area contributed by atoms with Gasteiger partial charge in [-0.2, -0.15) is 0 Å². The van der Waals surface area contributed by atoms with E-state index < -0.39 is 18.4 Å². The first-order chi connectivity index (χ1) is 9.54. The Morgan fingerprint density at radius 1 is 1.45 bits per heavy atom. The molecule has 20 heavy (non-hydrogen) atoms. The fourth-order valence-corrected chi connectivity index (χ4v) is 2.38. The van der Waals surface area contributed by atoms with Crippen molar-refractivity contribution in [3.8, 4) is 5.69 Å². The second-order valence-electron chi connectivity index (χ2n) is 3.65. The van der Waals surface area contributed by atoms with E-state index in [2.05, 4.69) is 10.2 Å². The highest BCUT2D eigenvalue weighted by Crippen LogP contribution is 2.27. The molecule has 2 N–H and O–H groups in total. The Morgan fingerprint density at radius 2 is 2.20 bits per heavy atom. The van der Waals surface area contributed by atoms with Gasteiger partial charge in [-0.1, -0.05) is 29.4 Å². The lowest BCUT2D eigenvalue weighted by molar-refractivity contribution is -0.133. The molecule has 106 valence electrons. The molecule has 0 saturated carbocycles. The Hall–Kier alpha value is -1.64. The molecular weight excluding hydrogens is 309 g/mol. The third-order valence-corrected chi connectivity index (χ3v) is 3.54. The van der Waals surface area contributed by atoms with Gasteiger partial charge >= 0.3 is 5.97 Å². The number of aliphatic hydroxyl groups is 1. The van der Waals surface area contributed by atoms with Gasteiger partial charge in [-0.3, -0.25) is 9.36 Å². The van der Waals surface area contributed by atoms with Crippen molar-refractivity contribution < 1.29 is 19.4 Å². The van der Waals surface area contributed by atoms with Crippen molar-refractivity contribution in [2.45, 2.75) is 11.8 Å². The summed E-state index contributed by atoms with van der Waals surface area (Å²) in [7, 11) is 0. The molecule has 0 saturated heterocycles. The highest BCUT2D eigenvalue weighted by Gasteiger charge is 2.18. The summed E-state index contributed by atoms with van der Waals surface area (Å²) in [4.78, 5) is 10.6. The molecule has 1 aromatic carbocycles. The summed E-state index contributed by atoms with van der Waals surface area (Å²) < 4.78 is 15.3. The molecule has 0 radical (unpaired) electrons. The number of aliphatic hydroxyl groups excluding tert-OH is 1. The van der Waals surface area contributed by atoms with Crippen LogP contribution in [0.25, 0.3) is 5.69 Å². The predicted octanol–water partition coefficient (Wildman–Crippen LogP) is 1.73. The van der Waals surface area contributed by atoms with Crippen molar-refractivity contribution in [2.75, 3.05) is 5.75 Å². The second-order valence-corrected chi connectivity index (χ2v) is 5.00. The van der Waals surface area contributed by atoms with Gasteiger partial charge in [0.05, 0.1) is 16.5 Å². The number of nitrogens with zero attached hydrogens (tertiary/aromatic N) is 3. The van der Waals surface area contributed by atoms with Crippen LogP contribution in [-0.4, -0.2) is 36.7 Å². The van der Waals surface area contributed by atoms with E-state index in [-0.39, 0.29) is 27.4 Å². The first-order valence-corrected chi connectivity index (χ1v) is 6.75. The van der Waals surface area contributed by atoms with E-state index in [1.54, 1.807) is 0 Å². The van der Waals surface area contributed by atoms with Crippen LogP contribution in [0.1, 0.15) is 5.82 Å². The van der Waals surface area contributed by atoms with Crippen LogP contribution in [0.5, 0.6) is 0 Å². The summed E-state index contributed by atoms with van der Waals surface area (Å²) in [6.45, 7) is -0.466. The summed E-state index contributed by atoms with van der Waals surface area (Å²) in [6.07, 6.45) is 0. The first kappa shape index (κ1) is 14.8. The maximum Gasteiger partial charge on any atom is 0.313 e. The summed E-state index contributed by atoms with van der Waals surface area (Å²) >= 11 is 6.58. The fourth-order valence-electron chi connectivity index (χ4n) is 1.53. The van der Waals surface area contributed by atoms with E-state index in [0.717, 1.165) is 11.8 Å². The predicted molar refractivity (Wildman–Crippen MR) is 70.6 cm³/mol. The SMILES string of the molecule is O=C(O)CSc1nnc(CO)n1-c1cccc(Cl)c1F. The van der Waals surface area contributed by atoms with Gasteiger partial charge in [0.1, 0.15) is 6.61 Å². The number of rotatable bonds is 5. The standard InChI is InChI=1S/C11H9ClFN3O3S/c12-6-2-1-3-7(10(6)13)16-8(4-17)14-15-11(16)20-5-9(18)19/h1-3,17H,4-5H2,(H,18,19). The number of carboxylic acid groups (broad SMARTS) is 1. The molecule has 0 aliphatic carbocycles. The zero-order valence-corrected chi connectivity index (χ0v) is 11.5. The number of halogens is 2. The zero-order chi connectivity index (χ0) is 14.7. The van der Waals surface area contributed by atoms with Gasteiger partial charge in [-0.05, 0) is 12.1 Å². The lowest BCUT2D eigenvalue weighted by atomic mass is 10.3. The van der Waals surface area contributed by atoms with Gasteiger partial charge < -0.3 is 10.2 Å². The maximum absolute atomic E-state index is 14.0. The lowest BCUT2D eigenvalue weighted by Crippen LogP contribution is -2.07. The van der Waals surface area contributed by atoms with Crippen LogP contribution >= 0.6 is 23.4 Å². The number of aliphatic carboxylic acids is 1. The molecule has 1 aromatic heterocycles. The second kappa shape index (κ2) is 6.21. The average Bonchev–Trinajstić information content (AvgIpc) is 2.82. The van der Waals surface area contributed by atoms with Crippen LogP contribution in [0, 0.1) is 5.82 Å². The molecule has 0 aliphatic heterocycles. The molecule has 0 aliphatic rings. The summed E-state index contributed by atoms with van der Waals surface area (Å²) in [6, 6.07) is 4.36. The van der Waals surface area contributed by atoms with E-state index in [9.17, 15) is 14.3 Å². The van der Waals surface area contributed by atoms with E-state index in [1.165, 1.54) is 22.8 Å². The van der Waals surface area contributed by atoms with Crippen molar-refractivity contribution in [2.24, 2.45) is 0 Å². The van der Waals surface area contributed by atoms with Gasteiger partial charge in [-0.25, -0.2) is 4.39 Å². The number of carbonyl (C=O) groups is 1. The normalized spacial score (nSPS) is 10.8. The number of hydrogen-bond donors (Lipinski definition) is 2. The van der Waals surface area contributed by atoms with E-state index in [0.29, 0.717) is 0 Å². The third kappa shape index (κ3) is 2.92. The first-order valence-electron chi connectivity index (χ1n) is 5.38. The van der Waals surface area contributed by atoms with Crippen LogP contribution < -0.4 is 0 Å². The molecule has 1 heterocycles. The van der Waals surface area contributed by atoms with Crippen LogP contribution in [-0.2, 0) is 11.4 Å². The molecule has 0 bridgehead atoms. The quantitative estimate of drug-likeness (QED) is 0.816. The molecule has 0 atom stereocenters. The van der Waals surface area contributed by atoms with Crippen molar-refractivity contribution in [1.29, 1.82) is 0 Å². The van der Waals surface area contributed by atoms with Crippen molar-refractivity contribution >= 4 is 29.3 Å². The van der Waals surface area contributed by atoms with Crippen LogP contribution in [0.3, 0.4) is 0 Å². The molecule has 9 heteroatoms. The molecule has 2 rings (SSSR count). The summed E-state index contributed by atoms with van der Waals surface area (Å²) in [5.41, 5.74) is 0.0550. The molecule has 6 nitrogen and oxygen atoms in total. The molecule has 0 fully saturated rings. The molecular formula is C11H9ClFN3O3S. The molecule has 2 aromatic rings. The zero-order valence-electron chi connectivity index (χ0n) is 9.95. The number of carboxylic acids is 1. The van der Waals surface area contributed by atoms with Gasteiger partial charge in [0.15, 0.2) is 16.8 Å². The summed E-state index contributed by atoms with van der Waals surface area (Å²) in [5.74, 6) is -1.90. The Kier molecular flexibility index (Phi) is 4.58. The van der Waals surface area contributed by atoms with Gasteiger partial charge in [0, 0.05) is 0 Å². The van der Waals surface area contributed by atoms with Crippen molar-refractivity contribution in [3.63, 3.8) is 0 Å². The number of hydrogen-bond acceptors (Lipinski definition) is 5. The number of benzene rings is 1. The lowest BCUT2D eigenvalue weighted by Gasteiger charge is -2.10.